The van der Waals surface area contributed by atoms with Crippen molar-refractivity contribution in [1.29, 1.82) is 0 Å². The van der Waals surface area contributed by atoms with Crippen LogP contribution in [0, 0.1) is 0 Å². The molecule has 3 aromatic carbocycles. The zero-order chi connectivity index (χ0) is 26.5. The van der Waals surface area contributed by atoms with Gasteiger partial charge in [-0.3, -0.25) is 9.10 Å². The fourth-order valence-electron chi connectivity index (χ4n) is 3.49. The molecule has 0 spiro atoms. The molecule has 0 bridgehead atoms. The summed E-state index contributed by atoms with van der Waals surface area (Å²) in [4.78, 5) is 12.5. The van der Waals surface area contributed by atoms with Gasteiger partial charge in [-0.1, -0.05) is 62.2 Å². The molecule has 0 aliphatic carbocycles. The monoisotopic (exact) mass is 548 g/mol. The predicted octanol–water partition coefficient (Wildman–Crippen LogP) is 6.07. The van der Waals surface area contributed by atoms with Gasteiger partial charge >= 0.3 is 0 Å². The smallest absolute Gasteiger partial charge is 0.251 e. The first kappa shape index (κ1) is 27.8. The molecule has 0 saturated heterocycles. The molecule has 0 heterocycles. The van der Waals surface area contributed by atoms with Crippen LogP contribution in [0.25, 0.3) is 0 Å². The Morgan fingerprint density at radius 3 is 2.06 bits per heavy atom. The summed E-state index contributed by atoms with van der Waals surface area (Å²) in [6.07, 6.45) is 1.11. The number of carbonyl (C=O) groups excluding carboxylic acids is 1. The van der Waals surface area contributed by atoms with Crippen molar-refractivity contribution >= 4 is 44.8 Å². The van der Waals surface area contributed by atoms with Gasteiger partial charge in [0.1, 0.15) is 12.4 Å². The molecule has 3 aromatic rings. The molecule has 0 aromatic heterocycles. The van der Waals surface area contributed by atoms with Crippen molar-refractivity contribution in [2.24, 2.45) is 0 Å². The van der Waals surface area contributed by atoms with Gasteiger partial charge in [0, 0.05) is 21.2 Å². The van der Waals surface area contributed by atoms with Gasteiger partial charge in [-0.2, -0.15) is 0 Å². The van der Waals surface area contributed by atoms with E-state index in [9.17, 15) is 13.2 Å². The third-order valence-electron chi connectivity index (χ3n) is 5.56. The first-order valence-corrected chi connectivity index (χ1v) is 14.0. The summed E-state index contributed by atoms with van der Waals surface area (Å²) in [7, 11) is -3.64. The Balaban J connectivity index is 1.59. The van der Waals surface area contributed by atoms with Crippen molar-refractivity contribution in [3.63, 3.8) is 0 Å². The lowest BCUT2D eigenvalue weighted by Crippen LogP contribution is -2.30. The zero-order valence-corrected chi connectivity index (χ0v) is 23.0. The molecule has 192 valence electrons. The maximum absolute atomic E-state index is 12.5. The number of anilines is 1. The number of halogens is 2. The second-order valence-electron chi connectivity index (χ2n) is 9.40. The molecular weight excluding hydrogens is 519 g/mol. The quantitative estimate of drug-likeness (QED) is 0.329. The maximum atomic E-state index is 12.5. The van der Waals surface area contributed by atoms with E-state index in [0.29, 0.717) is 40.0 Å². The zero-order valence-electron chi connectivity index (χ0n) is 20.7. The standard InChI is InChI=1S/C27H30Cl2N2O4S/c1-27(2,3)20-10-14-22(15-11-20)35-17-16-30-26(32)19-8-12-21(13-9-19)31(36(4,33)34)18-23-24(28)6-5-7-25(23)29/h5-15H,16-18H2,1-4H3,(H,30,32). The van der Waals surface area contributed by atoms with Gasteiger partial charge in [0.25, 0.3) is 5.91 Å². The number of rotatable bonds is 9. The topological polar surface area (TPSA) is 75.7 Å². The molecule has 0 radical (unpaired) electrons. The van der Waals surface area contributed by atoms with E-state index in [1.165, 1.54) is 9.87 Å². The van der Waals surface area contributed by atoms with Crippen LogP contribution < -0.4 is 14.4 Å². The summed E-state index contributed by atoms with van der Waals surface area (Å²) in [6, 6.07) is 19.2. The average molecular weight is 550 g/mol. The number of carbonyl (C=O) groups is 1. The number of nitrogens with one attached hydrogen (secondary N) is 1. The second-order valence-corrected chi connectivity index (χ2v) is 12.1. The summed E-state index contributed by atoms with van der Waals surface area (Å²) in [6.45, 7) is 7.06. The summed E-state index contributed by atoms with van der Waals surface area (Å²) >= 11 is 12.5. The number of ether oxygens (including phenoxy) is 1. The van der Waals surface area contributed by atoms with Crippen LogP contribution in [0.1, 0.15) is 42.3 Å². The summed E-state index contributed by atoms with van der Waals surface area (Å²) in [5.74, 6) is 0.453. The molecule has 6 nitrogen and oxygen atoms in total. The molecule has 0 aliphatic heterocycles. The van der Waals surface area contributed by atoms with Crippen LogP contribution in [-0.4, -0.2) is 33.7 Å². The first-order valence-electron chi connectivity index (χ1n) is 11.4. The third kappa shape index (κ3) is 7.38. The number of hydrogen-bond donors (Lipinski definition) is 1. The Bertz CT molecular complexity index is 1280. The lowest BCUT2D eigenvalue weighted by atomic mass is 9.87. The van der Waals surface area contributed by atoms with Crippen molar-refractivity contribution < 1.29 is 17.9 Å². The Kier molecular flexibility index (Phi) is 8.93. The van der Waals surface area contributed by atoms with E-state index in [0.717, 1.165) is 12.0 Å². The molecule has 3 rings (SSSR count). The van der Waals surface area contributed by atoms with Gasteiger partial charge in [-0.05, 0) is 59.5 Å². The number of hydrogen-bond acceptors (Lipinski definition) is 4. The lowest BCUT2D eigenvalue weighted by molar-refractivity contribution is 0.0947. The molecule has 0 atom stereocenters. The summed E-state index contributed by atoms with van der Waals surface area (Å²) in [5.41, 5.74) is 2.59. The normalized spacial score (nSPS) is 11.7. The molecule has 1 N–H and O–H groups in total. The Morgan fingerprint density at radius 1 is 0.944 bits per heavy atom. The van der Waals surface area contributed by atoms with Crippen LogP contribution in [-0.2, 0) is 22.0 Å². The molecular formula is C27H30Cl2N2O4S. The molecule has 0 saturated carbocycles. The highest BCUT2D eigenvalue weighted by molar-refractivity contribution is 7.92. The van der Waals surface area contributed by atoms with E-state index >= 15 is 0 Å². The van der Waals surface area contributed by atoms with E-state index in [4.69, 9.17) is 27.9 Å². The second kappa shape index (κ2) is 11.5. The van der Waals surface area contributed by atoms with Gasteiger partial charge in [-0.25, -0.2) is 8.42 Å². The minimum Gasteiger partial charge on any atom is -0.492 e. The van der Waals surface area contributed by atoms with Crippen molar-refractivity contribution in [2.45, 2.75) is 32.7 Å². The van der Waals surface area contributed by atoms with Crippen LogP contribution in [0.2, 0.25) is 10.0 Å². The minimum absolute atomic E-state index is 0.0308. The van der Waals surface area contributed by atoms with E-state index in [-0.39, 0.29) is 17.9 Å². The molecule has 0 unspecified atom stereocenters. The SMILES string of the molecule is CC(C)(C)c1ccc(OCCNC(=O)c2ccc(N(Cc3c(Cl)cccc3Cl)S(C)(=O)=O)cc2)cc1. The van der Waals surface area contributed by atoms with Gasteiger partial charge < -0.3 is 10.1 Å². The number of nitrogens with zero attached hydrogens (tertiary/aromatic N) is 1. The Morgan fingerprint density at radius 2 is 1.53 bits per heavy atom. The average Bonchev–Trinajstić information content (AvgIpc) is 2.80. The largest absolute Gasteiger partial charge is 0.492 e. The summed E-state index contributed by atoms with van der Waals surface area (Å²) < 4.78 is 31.9. The molecule has 0 aliphatic rings. The lowest BCUT2D eigenvalue weighted by Gasteiger charge is -2.23. The number of sulfonamides is 1. The Labute approximate surface area is 223 Å². The predicted molar refractivity (Wildman–Crippen MR) is 147 cm³/mol. The third-order valence-corrected chi connectivity index (χ3v) is 7.41. The van der Waals surface area contributed by atoms with Crippen molar-refractivity contribution in [3.8, 4) is 5.75 Å². The molecule has 9 heteroatoms. The fourth-order valence-corrected chi connectivity index (χ4v) is 4.88. The highest BCUT2D eigenvalue weighted by Gasteiger charge is 2.21. The van der Waals surface area contributed by atoms with E-state index < -0.39 is 10.0 Å². The number of amides is 1. The van der Waals surface area contributed by atoms with Gasteiger partial charge in [0.15, 0.2) is 0 Å². The van der Waals surface area contributed by atoms with Gasteiger partial charge in [0.05, 0.1) is 25.0 Å². The van der Waals surface area contributed by atoms with Crippen molar-refractivity contribution in [2.75, 3.05) is 23.7 Å². The van der Waals surface area contributed by atoms with Gasteiger partial charge in [0.2, 0.25) is 10.0 Å². The fraction of sp³-hybridized carbons (Fsp3) is 0.296. The highest BCUT2D eigenvalue weighted by Crippen LogP contribution is 2.29. The molecule has 0 fully saturated rings. The molecule has 1 amide bonds. The van der Waals surface area contributed by atoms with Crippen LogP contribution >= 0.6 is 23.2 Å². The Hall–Kier alpha value is -2.74. The maximum Gasteiger partial charge on any atom is 0.251 e. The highest BCUT2D eigenvalue weighted by atomic mass is 35.5. The van der Waals surface area contributed by atoms with E-state index in [1.807, 2.05) is 24.3 Å². The van der Waals surface area contributed by atoms with Crippen LogP contribution in [0.4, 0.5) is 5.69 Å². The van der Waals surface area contributed by atoms with Crippen molar-refractivity contribution in [3.05, 3.63) is 93.5 Å². The van der Waals surface area contributed by atoms with E-state index in [2.05, 4.69) is 26.1 Å². The van der Waals surface area contributed by atoms with E-state index in [1.54, 1.807) is 42.5 Å². The van der Waals surface area contributed by atoms with Crippen LogP contribution in [0.3, 0.4) is 0 Å². The van der Waals surface area contributed by atoms with Crippen LogP contribution in [0.15, 0.2) is 66.7 Å². The minimum atomic E-state index is -3.64. The van der Waals surface area contributed by atoms with Gasteiger partial charge in [-0.15, -0.1) is 0 Å². The number of benzene rings is 3. The van der Waals surface area contributed by atoms with Crippen LogP contribution in [0.5, 0.6) is 5.75 Å². The molecule has 36 heavy (non-hydrogen) atoms. The van der Waals surface area contributed by atoms with Crippen molar-refractivity contribution in [1.82, 2.24) is 5.32 Å². The summed E-state index contributed by atoms with van der Waals surface area (Å²) in [5, 5.41) is 3.56. The first-order chi connectivity index (χ1) is 16.9.